The minimum atomic E-state index is -0.523. The van der Waals surface area contributed by atoms with Crippen LogP contribution < -0.4 is 10.1 Å². The van der Waals surface area contributed by atoms with Gasteiger partial charge in [0, 0.05) is 11.3 Å². The van der Waals surface area contributed by atoms with Crippen LogP contribution in [-0.2, 0) is 11.3 Å². The standard InChI is InChI=1S/C26H24N2O3/c27-17-20-9-6-10-21(15-20)24-16-22(13-14-25(24)31-23-11-4-5-12-23)28-26(29)30-18-19-7-2-1-3-8-19/h1-3,6-10,13-16,23H,4-5,11-12,18H2,(H,28,29). The molecule has 0 saturated heterocycles. The lowest BCUT2D eigenvalue weighted by atomic mass is 10.0. The number of hydrogen-bond acceptors (Lipinski definition) is 4. The van der Waals surface area contributed by atoms with Crippen molar-refractivity contribution in [2.24, 2.45) is 0 Å². The fraction of sp³-hybridized carbons (Fsp3) is 0.231. The SMILES string of the molecule is N#Cc1cccc(-c2cc(NC(=O)OCc3ccccc3)ccc2OC2CCCC2)c1. The van der Waals surface area contributed by atoms with Gasteiger partial charge in [0.25, 0.3) is 0 Å². The van der Waals surface area contributed by atoms with E-state index in [9.17, 15) is 10.1 Å². The largest absolute Gasteiger partial charge is 0.490 e. The number of hydrogen-bond donors (Lipinski definition) is 1. The predicted molar refractivity (Wildman–Crippen MR) is 120 cm³/mol. The van der Waals surface area contributed by atoms with Gasteiger partial charge in [-0.2, -0.15) is 5.26 Å². The Bertz CT molecular complexity index is 1080. The lowest BCUT2D eigenvalue weighted by Gasteiger charge is -2.18. The topological polar surface area (TPSA) is 71.4 Å². The van der Waals surface area contributed by atoms with Gasteiger partial charge in [-0.1, -0.05) is 42.5 Å². The van der Waals surface area contributed by atoms with Gasteiger partial charge in [-0.25, -0.2) is 4.79 Å². The van der Waals surface area contributed by atoms with E-state index in [2.05, 4.69) is 11.4 Å². The Morgan fingerprint density at radius 3 is 2.58 bits per heavy atom. The van der Waals surface area contributed by atoms with Crippen molar-refractivity contribution >= 4 is 11.8 Å². The molecule has 1 aliphatic carbocycles. The molecule has 0 heterocycles. The van der Waals surface area contributed by atoms with Crippen molar-refractivity contribution in [3.05, 3.63) is 83.9 Å². The molecule has 0 aromatic heterocycles. The number of nitrogens with zero attached hydrogens (tertiary/aromatic N) is 1. The molecular weight excluding hydrogens is 388 g/mol. The lowest BCUT2D eigenvalue weighted by Crippen LogP contribution is -2.14. The van der Waals surface area contributed by atoms with Gasteiger partial charge in [-0.15, -0.1) is 0 Å². The van der Waals surface area contributed by atoms with E-state index in [0.717, 1.165) is 35.3 Å². The number of carbonyl (C=O) groups is 1. The van der Waals surface area contributed by atoms with Gasteiger partial charge in [0.15, 0.2) is 0 Å². The fourth-order valence-electron chi connectivity index (χ4n) is 3.76. The summed E-state index contributed by atoms with van der Waals surface area (Å²) in [6.07, 6.45) is 4.12. The van der Waals surface area contributed by atoms with Crippen LogP contribution >= 0.6 is 0 Å². The molecule has 1 saturated carbocycles. The van der Waals surface area contributed by atoms with Gasteiger partial charge in [0.2, 0.25) is 0 Å². The quantitative estimate of drug-likeness (QED) is 0.516. The van der Waals surface area contributed by atoms with E-state index in [1.165, 1.54) is 12.8 Å². The third-order valence-corrected chi connectivity index (χ3v) is 5.34. The average Bonchev–Trinajstić information content (AvgIpc) is 3.32. The second kappa shape index (κ2) is 9.82. The zero-order valence-electron chi connectivity index (χ0n) is 17.2. The summed E-state index contributed by atoms with van der Waals surface area (Å²) in [5.41, 5.74) is 3.81. The van der Waals surface area contributed by atoms with Crippen LogP contribution in [0.25, 0.3) is 11.1 Å². The minimum absolute atomic E-state index is 0.201. The lowest BCUT2D eigenvalue weighted by molar-refractivity contribution is 0.155. The summed E-state index contributed by atoms with van der Waals surface area (Å²) in [7, 11) is 0. The number of nitrogens with one attached hydrogen (secondary N) is 1. The molecule has 0 aliphatic heterocycles. The van der Waals surface area contributed by atoms with E-state index in [-0.39, 0.29) is 12.7 Å². The molecule has 5 heteroatoms. The first-order chi connectivity index (χ1) is 15.2. The van der Waals surface area contributed by atoms with E-state index in [1.54, 1.807) is 6.07 Å². The second-order valence-electron chi connectivity index (χ2n) is 7.61. The molecule has 1 amide bonds. The first-order valence-electron chi connectivity index (χ1n) is 10.5. The molecule has 0 bridgehead atoms. The van der Waals surface area contributed by atoms with Gasteiger partial charge in [-0.3, -0.25) is 5.32 Å². The molecule has 31 heavy (non-hydrogen) atoms. The van der Waals surface area contributed by atoms with Gasteiger partial charge >= 0.3 is 6.09 Å². The van der Waals surface area contributed by atoms with Crippen LogP contribution in [0.2, 0.25) is 0 Å². The summed E-state index contributed by atoms with van der Waals surface area (Å²) in [5, 5.41) is 12.1. The monoisotopic (exact) mass is 412 g/mol. The van der Waals surface area contributed by atoms with Crippen molar-refractivity contribution in [1.82, 2.24) is 0 Å². The molecule has 3 aromatic rings. The summed E-state index contributed by atoms with van der Waals surface area (Å²) < 4.78 is 11.6. The van der Waals surface area contributed by atoms with Crippen molar-refractivity contribution < 1.29 is 14.3 Å². The van der Waals surface area contributed by atoms with E-state index < -0.39 is 6.09 Å². The molecule has 3 aromatic carbocycles. The number of amides is 1. The molecule has 0 unspecified atom stereocenters. The molecule has 0 radical (unpaired) electrons. The van der Waals surface area contributed by atoms with E-state index in [4.69, 9.17) is 9.47 Å². The van der Waals surface area contributed by atoms with Crippen molar-refractivity contribution in [3.8, 4) is 22.9 Å². The Hall–Kier alpha value is -3.78. The maximum Gasteiger partial charge on any atom is 0.411 e. The summed E-state index contributed by atoms with van der Waals surface area (Å²) >= 11 is 0. The number of benzene rings is 3. The Morgan fingerprint density at radius 2 is 1.81 bits per heavy atom. The highest BCUT2D eigenvalue weighted by molar-refractivity contribution is 5.87. The van der Waals surface area contributed by atoms with Crippen molar-refractivity contribution in [2.45, 2.75) is 38.4 Å². The summed E-state index contributed by atoms with van der Waals surface area (Å²) in [6, 6.07) is 24.7. The van der Waals surface area contributed by atoms with E-state index in [0.29, 0.717) is 11.3 Å². The summed E-state index contributed by atoms with van der Waals surface area (Å²) in [5.74, 6) is 0.755. The van der Waals surface area contributed by atoms with Crippen LogP contribution in [0.5, 0.6) is 5.75 Å². The highest BCUT2D eigenvalue weighted by atomic mass is 16.5. The number of anilines is 1. The van der Waals surface area contributed by atoms with Gasteiger partial charge in [0.05, 0.1) is 17.7 Å². The molecule has 1 aliphatic rings. The number of ether oxygens (including phenoxy) is 2. The van der Waals surface area contributed by atoms with Crippen LogP contribution in [0, 0.1) is 11.3 Å². The zero-order valence-corrected chi connectivity index (χ0v) is 17.2. The van der Waals surface area contributed by atoms with Gasteiger partial charge < -0.3 is 9.47 Å². The van der Waals surface area contributed by atoms with Crippen LogP contribution in [0.4, 0.5) is 10.5 Å². The summed E-state index contributed by atoms with van der Waals surface area (Å²) in [6.45, 7) is 0.201. The van der Waals surface area contributed by atoms with Crippen LogP contribution in [0.1, 0.15) is 36.8 Å². The Labute approximate surface area is 182 Å². The number of rotatable bonds is 6. The third-order valence-electron chi connectivity index (χ3n) is 5.34. The highest BCUT2D eigenvalue weighted by Gasteiger charge is 2.19. The normalized spacial score (nSPS) is 13.4. The molecule has 1 fully saturated rings. The maximum absolute atomic E-state index is 12.3. The molecule has 5 nitrogen and oxygen atoms in total. The Morgan fingerprint density at radius 1 is 1.00 bits per heavy atom. The number of carbonyl (C=O) groups excluding carboxylic acids is 1. The maximum atomic E-state index is 12.3. The van der Waals surface area contributed by atoms with E-state index in [1.807, 2.05) is 66.7 Å². The van der Waals surface area contributed by atoms with Crippen LogP contribution in [-0.4, -0.2) is 12.2 Å². The summed E-state index contributed by atoms with van der Waals surface area (Å²) in [4.78, 5) is 12.3. The van der Waals surface area contributed by atoms with Gasteiger partial charge in [0.1, 0.15) is 12.4 Å². The van der Waals surface area contributed by atoms with Crippen molar-refractivity contribution in [2.75, 3.05) is 5.32 Å². The highest BCUT2D eigenvalue weighted by Crippen LogP contribution is 2.36. The average molecular weight is 412 g/mol. The van der Waals surface area contributed by atoms with Crippen molar-refractivity contribution in [3.63, 3.8) is 0 Å². The first-order valence-corrected chi connectivity index (χ1v) is 10.5. The zero-order chi connectivity index (χ0) is 21.5. The predicted octanol–water partition coefficient (Wildman–Crippen LogP) is 6.30. The molecule has 1 N–H and O–H groups in total. The second-order valence-corrected chi connectivity index (χ2v) is 7.61. The number of nitriles is 1. The minimum Gasteiger partial charge on any atom is -0.490 e. The van der Waals surface area contributed by atoms with Crippen LogP contribution in [0.3, 0.4) is 0 Å². The molecule has 4 rings (SSSR count). The Kier molecular flexibility index (Phi) is 6.49. The first kappa shape index (κ1) is 20.5. The van der Waals surface area contributed by atoms with Gasteiger partial charge in [-0.05, 0) is 67.1 Å². The molecular formula is C26H24N2O3. The van der Waals surface area contributed by atoms with Crippen LogP contribution in [0.15, 0.2) is 72.8 Å². The molecule has 156 valence electrons. The fourth-order valence-corrected chi connectivity index (χ4v) is 3.76. The molecule has 0 spiro atoms. The smallest absolute Gasteiger partial charge is 0.411 e. The Balaban J connectivity index is 1.54. The third kappa shape index (κ3) is 5.43. The van der Waals surface area contributed by atoms with E-state index >= 15 is 0 Å². The molecule has 0 atom stereocenters. The van der Waals surface area contributed by atoms with Crippen molar-refractivity contribution in [1.29, 1.82) is 5.26 Å².